The molecule has 0 radical (unpaired) electrons. The number of carbonyl (C=O) groups is 2. The summed E-state index contributed by atoms with van der Waals surface area (Å²) in [6, 6.07) is 0. The molecule has 0 aromatic carbocycles. The molecule has 0 spiro atoms. The van der Waals surface area contributed by atoms with Crippen molar-refractivity contribution in [1.82, 2.24) is 4.90 Å². The van der Waals surface area contributed by atoms with Crippen molar-refractivity contribution in [2.24, 2.45) is 11.8 Å². The number of imide groups is 1. The fraction of sp³-hybridized carbons (Fsp3) is 0.846. The highest BCUT2D eigenvalue weighted by Gasteiger charge is 2.58. The highest BCUT2D eigenvalue weighted by Crippen LogP contribution is 2.46. The fourth-order valence-corrected chi connectivity index (χ4v) is 2.52. The number of fused-ring (bicyclic) bond motifs is 1. The lowest BCUT2D eigenvalue weighted by Crippen LogP contribution is -2.33. The van der Waals surface area contributed by atoms with E-state index in [1.165, 1.54) is 30.6 Å². The zero-order valence-electron chi connectivity index (χ0n) is 10.1. The van der Waals surface area contributed by atoms with Gasteiger partial charge in [0.2, 0.25) is 11.8 Å². The van der Waals surface area contributed by atoms with Crippen molar-refractivity contribution >= 4 is 11.8 Å². The maximum Gasteiger partial charge on any atom is 0.233 e. The standard InChI is InChI=1S/C13H21NO2/c1-2-3-4-5-6-7-8-14-12(15)10-9-11(10)13(14)16/h10-11H,2-9H2,1H3/t10-,11+. The summed E-state index contributed by atoms with van der Waals surface area (Å²) in [6.07, 6.45) is 8.02. The van der Waals surface area contributed by atoms with Crippen LogP contribution in [0.1, 0.15) is 51.9 Å². The average Bonchev–Trinajstić information content (AvgIpc) is 3.02. The molecule has 0 aromatic heterocycles. The first-order valence-corrected chi connectivity index (χ1v) is 6.61. The maximum atomic E-state index is 11.6. The van der Waals surface area contributed by atoms with Gasteiger partial charge < -0.3 is 0 Å². The van der Waals surface area contributed by atoms with Crippen molar-refractivity contribution in [3.05, 3.63) is 0 Å². The second-order valence-electron chi connectivity index (χ2n) is 5.04. The van der Waals surface area contributed by atoms with E-state index < -0.39 is 0 Å². The number of likely N-dealkylation sites (tertiary alicyclic amines) is 1. The quantitative estimate of drug-likeness (QED) is 0.491. The summed E-state index contributed by atoms with van der Waals surface area (Å²) in [4.78, 5) is 24.8. The molecular formula is C13H21NO2. The molecule has 2 aliphatic rings. The van der Waals surface area contributed by atoms with E-state index in [4.69, 9.17) is 0 Å². The van der Waals surface area contributed by atoms with Gasteiger partial charge in [-0.05, 0) is 12.8 Å². The van der Waals surface area contributed by atoms with Crippen molar-refractivity contribution in [3.63, 3.8) is 0 Å². The Morgan fingerprint density at radius 2 is 1.56 bits per heavy atom. The molecule has 2 rings (SSSR count). The van der Waals surface area contributed by atoms with Crippen LogP contribution in [0.3, 0.4) is 0 Å². The number of hydrogen-bond acceptors (Lipinski definition) is 2. The Hall–Kier alpha value is -0.860. The molecule has 2 atom stereocenters. The van der Waals surface area contributed by atoms with E-state index in [0.717, 1.165) is 19.3 Å². The van der Waals surface area contributed by atoms with Crippen molar-refractivity contribution in [2.45, 2.75) is 51.9 Å². The average molecular weight is 223 g/mol. The summed E-state index contributed by atoms with van der Waals surface area (Å²) in [5.41, 5.74) is 0. The van der Waals surface area contributed by atoms with Crippen molar-refractivity contribution < 1.29 is 9.59 Å². The van der Waals surface area contributed by atoms with Gasteiger partial charge in [-0.15, -0.1) is 0 Å². The van der Waals surface area contributed by atoms with E-state index >= 15 is 0 Å². The Bertz CT molecular complexity index is 268. The summed E-state index contributed by atoms with van der Waals surface area (Å²) in [5.74, 6) is 0.354. The predicted octanol–water partition coefficient (Wildman–Crippen LogP) is 2.35. The van der Waals surface area contributed by atoms with Crippen LogP contribution in [0.15, 0.2) is 0 Å². The van der Waals surface area contributed by atoms with Crippen LogP contribution in [0.25, 0.3) is 0 Å². The fourth-order valence-electron chi connectivity index (χ4n) is 2.52. The lowest BCUT2D eigenvalue weighted by molar-refractivity contribution is -0.141. The summed E-state index contributed by atoms with van der Waals surface area (Å²) in [6.45, 7) is 2.87. The third-order valence-electron chi connectivity index (χ3n) is 3.69. The smallest absolute Gasteiger partial charge is 0.233 e. The number of piperidine rings is 1. The van der Waals surface area contributed by atoms with Gasteiger partial charge in [0.05, 0.1) is 11.8 Å². The van der Waals surface area contributed by atoms with Gasteiger partial charge >= 0.3 is 0 Å². The van der Waals surface area contributed by atoms with E-state index in [1.54, 1.807) is 0 Å². The highest BCUT2D eigenvalue weighted by atomic mass is 16.2. The Morgan fingerprint density at radius 3 is 2.19 bits per heavy atom. The van der Waals surface area contributed by atoms with E-state index in [2.05, 4.69) is 6.92 Å². The second kappa shape index (κ2) is 4.98. The third kappa shape index (κ3) is 2.28. The predicted molar refractivity (Wildman–Crippen MR) is 61.7 cm³/mol. The summed E-state index contributed by atoms with van der Waals surface area (Å²) in [5, 5.41) is 0. The zero-order chi connectivity index (χ0) is 11.5. The summed E-state index contributed by atoms with van der Waals surface area (Å²) >= 11 is 0. The topological polar surface area (TPSA) is 37.4 Å². The number of carbonyl (C=O) groups excluding carboxylic acids is 2. The molecule has 0 aromatic rings. The van der Waals surface area contributed by atoms with Crippen LogP contribution in [0.5, 0.6) is 0 Å². The molecule has 1 saturated heterocycles. The van der Waals surface area contributed by atoms with Crippen molar-refractivity contribution in [1.29, 1.82) is 0 Å². The molecule has 0 unspecified atom stereocenters. The first-order valence-electron chi connectivity index (χ1n) is 6.61. The number of hydrogen-bond donors (Lipinski definition) is 0. The molecule has 3 nitrogen and oxygen atoms in total. The van der Waals surface area contributed by atoms with Gasteiger partial charge in [0, 0.05) is 6.54 Å². The van der Waals surface area contributed by atoms with Crippen LogP contribution in [-0.4, -0.2) is 23.3 Å². The minimum Gasteiger partial charge on any atom is -0.282 e. The van der Waals surface area contributed by atoms with Crippen LogP contribution in [-0.2, 0) is 9.59 Å². The number of rotatable bonds is 7. The number of amides is 2. The van der Waals surface area contributed by atoms with Gasteiger partial charge in [-0.3, -0.25) is 14.5 Å². The lowest BCUT2D eigenvalue weighted by Gasteiger charge is -2.15. The number of unbranched alkanes of at least 4 members (excludes halogenated alkanes) is 5. The minimum absolute atomic E-state index is 0.0765. The Kier molecular flexibility index (Phi) is 3.62. The molecule has 1 heterocycles. The van der Waals surface area contributed by atoms with Crippen molar-refractivity contribution in [2.75, 3.05) is 6.54 Å². The molecule has 1 aliphatic carbocycles. The van der Waals surface area contributed by atoms with E-state index in [9.17, 15) is 9.59 Å². The molecule has 0 N–H and O–H groups in total. The van der Waals surface area contributed by atoms with Gasteiger partial charge in [0.15, 0.2) is 0 Å². The van der Waals surface area contributed by atoms with Crippen molar-refractivity contribution in [3.8, 4) is 0 Å². The Morgan fingerprint density at radius 1 is 1.00 bits per heavy atom. The highest BCUT2D eigenvalue weighted by molar-refractivity contribution is 6.08. The first-order chi connectivity index (χ1) is 7.75. The third-order valence-corrected chi connectivity index (χ3v) is 3.69. The number of nitrogens with zero attached hydrogens (tertiary/aromatic N) is 1. The Balaban J connectivity index is 1.60. The van der Waals surface area contributed by atoms with Gasteiger partial charge in [0.25, 0.3) is 0 Å². The van der Waals surface area contributed by atoms with Crippen LogP contribution in [0.4, 0.5) is 0 Å². The van der Waals surface area contributed by atoms with Crippen LogP contribution < -0.4 is 0 Å². The molecule has 1 saturated carbocycles. The molecular weight excluding hydrogens is 202 g/mol. The molecule has 1 aliphatic heterocycles. The molecule has 0 bridgehead atoms. The maximum absolute atomic E-state index is 11.6. The normalized spacial score (nSPS) is 27.4. The largest absolute Gasteiger partial charge is 0.282 e. The molecule has 16 heavy (non-hydrogen) atoms. The monoisotopic (exact) mass is 223 g/mol. The molecule has 90 valence electrons. The van der Waals surface area contributed by atoms with E-state index in [-0.39, 0.29) is 23.7 Å². The van der Waals surface area contributed by atoms with Gasteiger partial charge in [-0.25, -0.2) is 0 Å². The van der Waals surface area contributed by atoms with E-state index in [1.807, 2.05) is 0 Å². The van der Waals surface area contributed by atoms with Crippen LogP contribution in [0.2, 0.25) is 0 Å². The van der Waals surface area contributed by atoms with Gasteiger partial charge in [0.1, 0.15) is 0 Å². The summed E-state index contributed by atoms with van der Waals surface area (Å²) in [7, 11) is 0. The van der Waals surface area contributed by atoms with Gasteiger partial charge in [-0.2, -0.15) is 0 Å². The molecule has 3 heteroatoms. The molecule has 2 fully saturated rings. The SMILES string of the molecule is CCCCCCCCN1C(=O)[C@H]2C[C@H]2C1=O. The Labute approximate surface area is 97.2 Å². The first kappa shape index (κ1) is 11.6. The molecule has 2 amide bonds. The minimum atomic E-state index is 0.0765. The van der Waals surface area contributed by atoms with Crippen LogP contribution >= 0.6 is 0 Å². The van der Waals surface area contributed by atoms with Crippen LogP contribution in [0, 0.1) is 11.8 Å². The second-order valence-corrected chi connectivity index (χ2v) is 5.04. The summed E-state index contributed by atoms with van der Waals surface area (Å²) < 4.78 is 0. The van der Waals surface area contributed by atoms with Gasteiger partial charge in [-0.1, -0.05) is 39.0 Å². The van der Waals surface area contributed by atoms with E-state index in [0.29, 0.717) is 6.54 Å². The lowest BCUT2D eigenvalue weighted by atomic mass is 10.1. The zero-order valence-corrected chi connectivity index (χ0v) is 10.1.